The number of piperidine rings is 1. The van der Waals surface area contributed by atoms with Gasteiger partial charge < -0.3 is 14.2 Å². The Labute approximate surface area is 236 Å². The number of carbonyl (C=O) groups excluding carboxylic acids is 2. The molecule has 0 unspecified atom stereocenters. The van der Waals surface area contributed by atoms with E-state index in [4.69, 9.17) is 19.0 Å². The average Bonchev–Trinajstić information content (AvgIpc) is 3.40. The molecule has 10 heteroatoms. The molecule has 2 aromatic carbocycles. The van der Waals surface area contributed by atoms with Gasteiger partial charge in [-0.25, -0.2) is 13.2 Å². The van der Waals surface area contributed by atoms with Crippen LogP contribution in [0.2, 0.25) is 0 Å². The highest BCUT2D eigenvalue weighted by molar-refractivity contribution is 7.91. The molecule has 4 rings (SSSR count). The molecule has 0 aliphatic carbocycles. The van der Waals surface area contributed by atoms with Crippen LogP contribution in [0.5, 0.6) is 0 Å². The number of nitrogens with zero attached hydrogens (tertiary/aromatic N) is 1. The van der Waals surface area contributed by atoms with E-state index in [1.165, 1.54) is 14.0 Å². The number of hydrogen-bond donors (Lipinski definition) is 0. The molecule has 0 spiro atoms. The van der Waals surface area contributed by atoms with Gasteiger partial charge in [-0.1, -0.05) is 48.5 Å². The van der Waals surface area contributed by atoms with Crippen LogP contribution in [0.4, 0.5) is 0 Å². The third-order valence-electron chi connectivity index (χ3n) is 7.68. The van der Waals surface area contributed by atoms with Crippen molar-refractivity contribution in [3.05, 3.63) is 66.2 Å². The van der Waals surface area contributed by atoms with Gasteiger partial charge in [0.2, 0.25) is 0 Å². The second-order valence-corrected chi connectivity index (χ2v) is 12.5. The van der Waals surface area contributed by atoms with E-state index in [0.29, 0.717) is 43.8 Å². The fourth-order valence-corrected chi connectivity index (χ4v) is 7.15. The summed E-state index contributed by atoms with van der Waals surface area (Å²) in [4.78, 5) is 30.8. The minimum atomic E-state index is -3.45. The molecule has 2 aliphatic heterocycles. The zero-order chi connectivity index (χ0) is 28.5. The third-order valence-corrected chi connectivity index (χ3v) is 9.50. The molecule has 2 fully saturated rings. The first-order valence-corrected chi connectivity index (χ1v) is 15.5. The third kappa shape index (κ3) is 7.90. The van der Waals surface area contributed by atoms with Gasteiger partial charge in [0.25, 0.3) is 0 Å². The lowest BCUT2D eigenvalue weighted by atomic mass is 9.79. The van der Waals surface area contributed by atoms with Gasteiger partial charge in [0.05, 0.1) is 31.0 Å². The number of hydrogen-bond acceptors (Lipinski definition) is 9. The Morgan fingerprint density at radius 1 is 1.05 bits per heavy atom. The lowest BCUT2D eigenvalue weighted by molar-refractivity contribution is -0.229. The highest BCUT2D eigenvalue weighted by atomic mass is 32.2. The summed E-state index contributed by atoms with van der Waals surface area (Å²) in [5.74, 6) is -0.939. The molecule has 2 heterocycles. The Bertz CT molecular complexity index is 1210. The molecule has 2 saturated heterocycles. The van der Waals surface area contributed by atoms with E-state index in [9.17, 15) is 18.0 Å². The molecule has 0 radical (unpaired) electrons. The fraction of sp³-hybridized carbons (Fsp3) is 0.533. The predicted octanol–water partition coefficient (Wildman–Crippen LogP) is 4.11. The summed E-state index contributed by atoms with van der Waals surface area (Å²) in [5, 5.41) is 1.85. The Hall–Kier alpha value is -2.79. The SMILES string of the molecule is COC(=O)[C@@H]1C[C@H]2CC[C@@H]([C@H](CCOCc3ccccc3)OC(C)=O)[C@@H](CCCS(=O)(=O)c3ccccc3)N2O1. The Kier molecular flexibility index (Phi) is 10.7. The topological polar surface area (TPSA) is 108 Å². The van der Waals surface area contributed by atoms with Gasteiger partial charge in [-0.05, 0) is 43.4 Å². The average molecular weight is 574 g/mol. The van der Waals surface area contributed by atoms with Crippen molar-refractivity contribution in [1.82, 2.24) is 5.06 Å². The van der Waals surface area contributed by atoms with E-state index in [0.717, 1.165) is 18.4 Å². The standard InChI is InChI=1S/C30H39NO8S/c1-22(32)38-28(17-18-37-21-23-10-5-3-6-11-23)26-16-15-24-20-29(30(33)36-2)39-31(24)27(26)14-9-19-40(34,35)25-12-7-4-8-13-25/h3-8,10-13,24,26-29H,9,14-21H2,1-2H3/t24-,26-,27-,28+,29+/m1/s1. The number of sulfone groups is 1. The van der Waals surface area contributed by atoms with Gasteiger partial charge in [-0.3, -0.25) is 9.63 Å². The van der Waals surface area contributed by atoms with E-state index in [1.807, 2.05) is 35.4 Å². The van der Waals surface area contributed by atoms with Crippen LogP contribution < -0.4 is 0 Å². The Balaban J connectivity index is 1.47. The number of carbonyl (C=O) groups is 2. The quantitative estimate of drug-likeness (QED) is 0.258. The summed E-state index contributed by atoms with van der Waals surface area (Å²) in [7, 11) is -2.11. The first-order valence-electron chi connectivity index (χ1n) is 13.9. The van der Waals surface area contributed by atoms with Crippen LogP contribution in [0.15, 0.2) is 65.6 Å². The molecule has 5 atom stereocenters. The van der Waals surface area contributed by atoms with Crippen LogP contribution in [0, 0.1) is 5.92 Å². The van der Waals surface area contributed by atoms with Crippen LogP contribution in [-0.4, -0.2) is 69.2 Å². The van der Waals surface area contributed by atoms with Gasteiger partial charge in [-0.15, -0.1) is 0 Å². The molecule has 9 nitrogen and oxygen atoms in total. The van der Waals surface area contributed by atoms with E-state index in [-0.39, 0.29) is 29.7 Å². The fourth-order valence-electron chi connectivity index (χ4n) is 5.80. The Morgan fingerprint density at radius 2 is 1.75 bits per heavy atom. The Morgan fingerprint density at radius 3 is 2.42 bits per heavy atom. The summed E-state index contributed by atoms with van der Waals surface area (Å²) >= 11 is 0. The summed E-state index contributed by atoms with van der Waals surface area (Å²) < 4.78 is 42.5. The molecule has 2 aromatic rings. The number of rotatable bonds is 13. The lowest BCUT2D eigenvalue weighted by Gasteiger charge is -2.44. The maximum absolute atomic E-state index is 12.9. The van der Waals surface area contributed by atoms with E-state index >= 15 is 0 Å². The van der Waals surface area contributed by atoms with Crippen LogP contribution in [0.1, 0.15) is 51.0 Å². The van der Waals surface area contributed by atoms with Crippen LogP contribution in [-0.2, 0) is 45.1 Å². The first kappa shape index (κ1) is 30.2. The molecule has 0 saturated carbocycles. The zero-order valence-electron chi connectivity index (χ0n) is 23.1. The van der Waals surface area contributed by atoms with Crippen molar-refractivity contribution in [2.75, 3.05) is 19.5 Å². The zero-order valence-corrected chi connectivity index (χ0v) is 24.0. The molecular weight excluding hydrogens is 534 g/mol. The van der Waals surface area contributed by atoms with Gasteiger partial charge in [0, 0.05) is 37.8 Å². The summed E-state index contributed by atoms with van der Waals surface area (Å²) in [6.45, 7) is 2.25. The van der Waals surface area contributed by atoms with Crippen molar-refractivity contribution in [2.24, 2.45) is 5.92 Å². The van der Waals surface area contributed by atoms with Crippen LogP contribution >= 0.6 is 0 Å². The van der Waals surface area contributed by atoms with Crippen molar-refractivity contribution in [3.8, 4) is 0 Å². The number of hydroxylamine groups is 2. The van der Waals surface area contributed by atoms with Crippen molar-refractivity contribution in [1.29, 1.82) is 0 Å². The normalized spacial score (nSPS) is 23.8. The molecule has 40 heavy (non-hydrogen) atoms. The summed E-state index contributed by atoms with van der Waals surface area (Å²) in [6.07, 6.45) is 2.28. The number of ether oxygens (including phenoxy) is 3. The molecule has 0 amide bonds. The molecular formula is C30H39NO8S. The smallest absolute Gasteiger partial charge is 0.337 e. The number of esters is 2. The van der Waals surface area contributed by atoms with Gasteiger partial charge >= 0.3 is 11.9 Å². The summed E-state index contributed by atoms with van der Waals surface area (Å²) in [5.41, 5.74) is 1.06. The maximum atomic E-state index is 12.9. The van der Waals surface area contributed by atoms with Gasteiger partial charge in [-0.2, -0.15) is 5.06 Å². The van der Waals surface area contributed by atoms with Crippen molar-refractivity contribution >= 4 is 21.8 Å². The van der Waals surface area contributed by atoms with Crippen molar-refractivity contribution in [2.45, 2.75) is 81.2 Å². The molecule has 0 aromatic heterocycles. The monoisotopic (exact) mass is 573 g/mol. The van der Waals surface area contributed by atoms with Gasteiger partial charge in [0.15, 0.2) is 15.9 Å². The largest absolute Gasteiger partial charge is 0.467 e. The van der Waals surface area contributed by atoms with E-state index in [1.54, 1.807) is 30.3 Å². The minimum Gasteiger partial charge on any atom is -0.467 e. The number of methoxy groups -OCH3 is 1. The highest BCUT2D eigenvalue weighted by Crippen LogP contribution is 2.41. The highest BCUT2D eigenvalue weighted by Gasteiger charge is 2.49. The lowest BCUT2D eigenvalue weighted by Crippen LogP contribution is -2.52. The molecule has 0 bridgehead atoms. The van der Waals surface area contributed by atoms with Crippen LogP contribution in [0.25, 0.3) is 0 Å². The number of fused-ring (bicyclic) bond motifs is 1. The predicted molar refractivity (Wildman–Crippen MR) is 148 cm³/mol. The summed E-state index contributed by atoms with van der Waals surface area (Å²) in [6, 6.07) is 18.0. The molecule has 0 N–H and O–H groups in total. The second kappa shape index (κ2) is 14.2. The van der Waals surface area contributed by atoms with Crippen molar-refractivity contribution in [3.63, 3.8) is 0 Å². The second-order valence-electron chi connectivity index (χ2n) is 10.4. The number of benzene rings is 2. The van der Waals surface area contributed by atoms with Crippen molar-refractivity contribution < 1.29 is 37.1 Å². The molecule has 218 valence electrons. The maximum Gasteiger partial charge on any atom is 0.337 e. The molecule has 2 aliphatic rings. The van der Waals surface area contributed by atoms with Crippen LogP contribution in [0.3, 0.4) is 0 Å². The van der Waals surface area contributed by atoms with Gasteiger partial charge in [0.1, 0.15) is 6.10 Å². The van der Waals surface area contributed by atoms with E-state index < -0.39 is 28.0 Å². The van der Waals surface area contributed by atoms with E-state index in [2.05, 4.69) is 0 Å². The first-order chi connectivity index (χ1) is 19.3. The minimum absolute atomic E-state index is 0.00314.